The van der Waals surface area contributed by atoms with Crippen molar-refractivity contribution in [3.05, 3.63) is 42.2 Å². The molecule has 0 fully saturated rings. The summed E-state index contributed by atoms with van der Waals surface area (Å²) in [5, 5.41) is 8.77. The Morgan fingerprint density at radius 2 is 1.85 bits per heavy atom. The van der Waals surface area contributed by atoms with Gasteiger partial charge >= 0.3 is 12.0 Å². The third-order valence-corrected chi connectivity index (χ3v) is 2.87. The van der Waals surface area contributed by atoms with Crippen LogP contribution in [0.3, 0.4) is 0 Å². The van der Waals surface area contributed by atoms with Crippen molar-refractivity contribution >= 4 is 5.97 Å². The molecule has 0 amide bonds. The van der Waals surface area contributed by atoms with Crippen LogP contribution in [0.15, 0.2) is 36.7 Å². The second kappa shape index (κ2) is 6.12. The molecule has 20 heavy (non-hydrogen) atoms. The summed E-state index contributed by atoms with van der Waals surface area (Å²) in [5.74, 6) is -1.00. The van der Waals surface area contributed by atoms with Gasteiger partial charge in [0.15, 0.2) is 0 Å². The molecule has 1 atom stereocenters. The summed E-state index contributed by atoms with van der Waals surface area (Å²) in [7, 11) is 1.51. The predicted molar refractivity (Wildman–Crippen MR) is 73.3 cm³/mol. The average Bonchev–Trinajstić information content (AvgIpc) is 2.48. The van der Waals surface area contributed by atoms with Crippen molar-refractivity contribution in [1.82, 2.24) is 9.97 Å². The number of nitrogens with two attached hydrogens (primary N) is 1. The van der Waals surface area contributed by atoms with E-state index in [4.69, 9.17) is 15.6 Å². The van der Waals surface area contributed by atoms with E-state index in [0.29, 0.717) is 12.4 Å². The molecule has 0 saturated carbocycles. The van der Waals surface area contributed by atoms with Crippen molar-refractivity contribution in [1.29, 1.82) is 0 Å². The number of rotatable bonds is 5. The van der Waals surface area contributed by atoms with E-state index >= 15 is 0 Å². The van der Waals surface area contributed by atoms with Gasteiger partial charge in [0.2, 0.25) is 0 Å². The van der Waals surface area contributed by atoms with Crippen LogP contribution in [0.25, 0.3) is 11.1 Å². The smallest absolute Gasteiger partial charge is 0.320 e. The lowest BCUT2D eigenvalue weighted by atomic mass is 10.0. The van der Waals surface area contributed by atoms with Gasteiger partial charge in [0.1, 0.15) is 6.04 Å². The number of aliphatic carboxylic acids is 1. The van der Waals surface area contributed by atoms with Crippen LogP contribution >= 0.6 is 0 Å². The first-order valence-electron chi connectivity index (χ1n) is 6.04. The molecule has 1 aromatic carbocycles. The topological polar surface area (TPSA) is 98.3 Å². The molecule has 6 nitrogen and oxygen atoms in total. The highest BCUT2D eigenvalue weighted by atomic mass is 16.5. The first kappa shape index (κ1) is 14.0. The number of carboxylic acid groups (broad SMARTS) is 1. The Balaban J connectivity index is 2.12. The summed E-state index contributed by atoms with van der Waals surface area (Å²) in [5.41, 5.74) is 8.18. The number of hydrogen-bond acceptors (Lipinski definition) is 5. The van der Waals surface area contributed by atoms with Gasteiger partial charge in [-0.25, -0.2) is 9.97 Å². The second-order valence-electron chi connectivity index (χ2n) is 4.30. The van der Waals surface area contributed by atoms with E-state index in [2.05, 4.69) is 9.97 Å². The van der Waals surface area contributed by atoms with Crippen molar-refractivity contribution in [2.24, 2.45) is 5.73 Å². The maximum atomic E-state index is 10.7. The van der Waals surface area contributed by atoms with E-state index in [0.717, 1.165) is 16.7 Å². The average molecular weight is 273 g/mol. The van der Waals surface area contributed by atoms with Crippen LogP contribution in [0.4, 0.5) is 0 Å². The second-order valence-corrected chi connectivity index (χ2v) is 4.30. The van der Waals surface area contributed by atoms with E-state index in [9.17, 15) is 4.79 Å². The zero-order chi connectivity index (χ0) is 14.5. The largest absolute Gasteiger partial charge is 0.480 e. The van der Waals surface area contributed by atoms with Crippen LogP contribution < -0.4 is 10.5 Å². The van der Waals surface area contributed by atoms with Crippen molar-refractivity contribution in [2.75, 3.05) is 7.11 Å². The summed E-state index contributed by atoms with van der Waals surface area (Å²) in [6, 6.07) is 6.90. The number of aromatic nitrogens is 2. The van der Waals surface area contributed by atoms with Gasteiger partial charge in [-0.1, -0.05) is 24.3 Å². The summed E-state index contributed by atoms with van der Waals surface area (Å²) < 4.78 is 4.90. The summed E-state index contributed by atoms with van der Waals surface area (Å²) in [6.45, 7) is 0. The number of carboxylic acids is 1. The minimum atomic E-state index is -1.00. The van der Waals surface area contributed by atoms with Gasteiger partial charge in [-0.2, -0.15) is 0 Å². The Labute approximate surface area is 116 Å². The van der Waals surface area contributed by atoms with E-state index in [1.807, 2.05) is 24.3 Å². The molecule has 0 aliphatic heterocycles. The highest BCUT2D eigenvalue weighted by molar-refractivity contribution is 5.73. The molecule has 0 aliphatic rings. The van der Waals surface area contributed by atoms with Gasteiger partial charge in [0, 0.05) is 18.0 Å². The van der Waals surface area contributed by atoms with Gasteiger partial charge in [-0.3, -0.25) is 4.79 Å². The van der Waals surface area contributed by atoms with Gasteiger partial charge in [-0.15, -0.1) is 0 Å². The van der Waals surface area contributed by atoms with Crippen molar-refractivity contribution in [2.45, 2.75) is 12.5 Å². The SMILES string of the molecule is COc1ncc(-c2ccc(C[C@H](N)C(=O)O)cc2)cn1. The Morgan fingerprint density at radius 1 is 1.25 bits per heavy atom. The van der Waals surface area contributed by atoms with E-state index < -0.39 is 12.0 Å². The molecule has 0 radical (unpaired) electrons. The normalized spacial score (nSPS) is 11.9. The third kappa shape index (κ3) is 3.30. The Morgan fingerprint density at radius 3 is 2.35 bits per heavy atom. The van der Waals surface area contributed by atoms with Crippen molar-refractivity contribution in [3.63, 3.8) is 0 Å². The van der Waals surface area contributed by atoms with Crippen molar-refractivity contribution < 1.29 is 14.6 Å². The van der Waals surface area contributed by atoms with Crippen LogP contribution in [0.5, 0.6) is 6.01 Å². The highest BCUT2D eigenvalue weighted by Gasteiger charge is 2.11. The number of hydrogen-bond donors (Lipinski definition) is 2. The van der Waals surface area contributed by atoms with Crippen LogP contribution in [0.2, 0.25) is 0 Å². The molecule has 1 aromatic heterocycles. The standard InChI is InChI=1S/C14H15N3O3/c1-20-14-16-7-11(8-17-14)10-4-2-9(3-5-10)6-12(15)13(18)19/h2-5,7-8,12H,6,15H2,1H3,(H,18,19)/t12-/m0/s1. The van der Waals surface area contributed by atoms with Crippen molar-refractivity contribution in [3.8, 4) is 17.1 Å². The summed E-state index contributed by atoms with van der Waals surface area (Å²) in [6.07, 6.45) is 3.64. The zero-order valence-corrected chi connectivity index (χ0v) is 11.0. The van der Waals surface area contributed by atoms with Gasteiger partial charge < -0.3 is 15.6 Å². The predicted octanol–water partition coefficient (Wildman–Crippen LogP) is 1.11. The first-order chi connectivity index (χ1) is 9.60. The molecule has 0 bridgehead atoms. The molecule has 0 unspecified atom stereocenters. The fourth-order valence-corrected chi connectivity index (χ4v) is 1.75. The molecule has 2 aromatic rings. The number of benzene rings is 1. The lowest BCUT2D eigenvalue weighted by molar-refractivity contribution is -0.138. The van der Waals surface area contributed by atoms with Crippen LogP contribution in [-0.2, 0) is 11.2 Å². The zero-order valence-electron chi connectivity index (χ0n) is 11.0. The quantitative estimate of drug-likeness (QED) is 0.846. The fraction of sp³-hybridized carbons (Fsp3) is 0.214. The molecule has 0 saturated heterocycles. The molecular formula is C14H15N3O3. The minimum Gasteiger partial charge on any atom is -0.480 e. The molecule has 3 N–H and O–H groups in total. The third-order valence-electron chi connectivity index (χ3n) is 2.87. The van der Waals surface area contributed by atoms with Gasteiger partial charge in [-0.05, 0) is 17.5 Å². The van der Waals surface area contributed by atoms with E-state index in [-0.39, 0.29) is 0 Å². The van der Waals surface area contributed by atoms with Gasteiger partial charge in [0.25, 0.3) is 0 Å². The first-order valence-corrected chi connectivity index (χ1v) is 6.04. The maximum absolute atomic E-state index is 10.7. The lowest BCUT2D eigenvalue weighted by Gasteiger charge is -2.07. The van der Waals surface area contributed by atoms with Crippen LogP contribution in [0, 0.1) is 0 Å². The molecule has 0 spiro atoms. The minimum absolute atomic E-state index is 0.300. The fourth-order valence-electron chi connectivity index (χ4n) is 1.75. The molecular weight excluding hydrogens is 258 g/mol. The molecule has 104 valence electrons. The summed E-state index contributed by atoms with van der Waals surface area (Å²) >= 11 is 0. The maximum Gasteiger partial charge on any atom is 0.320 e. The Kier molecular flexibility index (Phi) is 4.27. The van der Waals surface area contributed by atoms with E-state index in [1.165, 1.54) is 7.11 Å². The molecule has 0 aliphatic carbocycles. The Bertz CT molecular complexity index is 582. The number of carbonyl (C=O) groups is 1. The number of nitrogens with zero attached hydrogens (tertiary/aromatic N) is 2. The molecule has 6 heteroatoms. The molecule has 1 heterocycles. The summed E-state index contributed by atoms with van der Waals surface area (Å²) in [4.78, 5) is 18.8. The number of methoxy groups -OCH3 is 1. The highest BCUT2D eigenvalue weighted by Crippen LogP contribution is 2.19. The number of ether oxygens (including phenoxy) is 1. The lowest BCUT2D eigenvalue weighted by Crippen LogP contribution is -2.32. The Hall–Kier alpha value is -2.47. The van der Waals surface area contributed by atoms with E-state index in [1.54, 1.807) is 12.4 Å². The monoisotopic (exact) mass is 273 g/mol. The van der Waals surface area contributed by atoms with Gasteiger partial charge in [0.05, 0.1) is 7.11 Å². The molecule has 2 rings (SSSR count). The van der Waals surface area contributed by atoms with Crippen LogP contribution in [0.1, 0.15) is 5.56 Å². The van der Waals surface area contributed by atoms with Crippen LogP contribution in [-0.4, -0.2) is 34.2 Å².